The summed E-state index contributed by atoms with van der Waals surface area (Å²) in [5, 5.41) is 7.91. The van der Waals surface area contributed by atoms with Crippen molar-refractivity contribution < 1.29 is 9.13 Å². The number of anilines is 3. The second-order valence-electron chi connectivity index (χ2n) is 9.43. The average molecular weight is 449 g/mol. The Kier molecular flexibility index (Phi) is 5.27. The van der Waals surface area contributed by atoms with Crippen molar-refractivity contribution in [1.29, 1.82) is 0 Å². The largest absolute Gasteiger partial charge is 0.378 e. The SMILES string of the molecule is Cc1cc(F)cc(-n2cnc(Nc3cc(C4CC4)cc(N4CCN(C5COC5)CC4)c3)n2)c1. The van der Waals surface area contributed by atoms with Crippen LogP contribution in [0.15, 0.2) is 42.7 Å². The summed E-state index contributed by atoms with van der Waals surface area (Å²) in [7, 11) is 0. The Morgan fingerprint density at radius 1 is 0.970 bits per heavy atom. The lowest BCUT2D eigenvalue weighted by atomic mass is 10.1. The molecule has 1 aromatic heterocycles. The number of piperazine rings is 1. The van der Waals surface area contributed by atoms with Crippen LogP contribution in [0, 0.1) is 12.7 Å². The van der Waals surface area contributed by atoms with Crippen LogP contribution in [0.5, 0.6) is 0 Å². The summed E-state index contributed by atoms with van der Waals surface area (Å²) in [6, 6.07) is 12.2. The maximum Gasteiger partial charge on any atom is 0.246 e. The second kappa shape index (κ2) is 8.43. The van der Waals surface area contributed by atoms with E-state index in [9.17, 15) is 4.39 Å². The quantitative estimate of drug-likeness (QED) is 0.618. The summed E-state index contributed by atoms with van der Waals surface area (Å²) in [5.41, 5.74) is 5.14. The Morgan fingerprint density at radius 3 is 2.48 bits per heavy atom. The molecule has 2 aromatic carbocycles. The number of nitrogens with zero attached hydrogens (tertiary/aromatic N) is 5. The van der Waals surface area contributed by atoms with Crippen molar-refractivity contribution in [2.75, 3.05) is 49.6 Å². The van der Waals surface area contributed by atoms with E-state index >= 15 is 0 Å². The fourth-order valence-corrected chi connectivity index (χ4v) is 4.74. The number of benzene rings is 2. The van der Waals surface area contributed by atoms with Crippen molar-refractivity contribution in [2.45, 2.75) is 31.7 Å². The van der Waals surface area contributed by atoms with Crippen LogP contribution in [0.4, 0.5) is 21.7 Å². The highest BCUT2D eigenvalue weighted by Crippen LogP contribution is 2.42. The molecule has 1 aliphatic carbocycles. The zero-order chi connectivity index (χ0) is 22.4. The first-order chi connectivity index (χ1) is 16.1. The number of halogens is 1. The lowest BCUT2D eigenvalue weighted by Crippen LogP contribution is -2.56. The highest BCUT2D eigenvalue weighted by atomic mass is 19.1. The molecule has 0 bridgehead atoms. The fourth-order valence-electron chi connectivity index (χ4n) is 4.74. The highest BCUT2D eigenvalue weighted by Gasteiger charge is 2.30. The number of hydrogen-bond acceptors (Lipinski definition) is 6. The summed E-state index contributed by atoms with van der Waals surface area (Å²) in [6.45, 7) is 7.81. The third-order valence-corrected chi connectivity index (χ3v) is 6.84. The van der Waals surface area contributed by atoms with Crippen molar-refractivity contribution in [2.24, 2.45) is 0 Å². The van der Waals surface area contributed by atoms with Gasteiger partial charge in [0.1, 0.15) is 12.1 Å². The summed E-state index contributed by atoms with van der Waals surface area (Å²) in [6.07, 6.45) is 4.12. The Balaban J connectivity index is 1.21. The van der Waals surface area contributed by atoms with Gasteiger partial charge in [-0.15, -0.1) is 5.10 Å². The second-order valence-corrected chi connectivity index (χ2v) is 9.43. The molecule has 2 aliphatic heterocycles. The van der Waals surface area contributed by atoms with Crippen LogP contribution in [0.3, 0.4) is 0 Å². The summed E-state index contributed by atoms with van der Waals surface area (Å²) in [4.78, 5) is 9.44. The number of rotatable bonds is 6. The van der Waals surface area contributed by atoms with Crippen molar-refractivity contribution in [3.8, 4) is 5.69 Å². The van der Waals surface area contributed by atoms with Crippen LogP contribution in [0.2, 0.25) is 0 Å². The Hall–Kier alpha value is -2.97. The number of hydrogen-bond donors (Lipinski definition) is 1. The van der Waals surface area contributed by atoms with E-state index in [1.54, 1.807) is 11.0 Å². The third-order valence-electron chi connectivity index (χ3n) is 6.84. The van der Waals surface area contributed by atoms with Gasteiger partial charge in [-0.2, -0.15) is 4.98 Å². The van der Waals surface area contributed by atoms with Crippen molar-refractivity contribution in [1.82, 2.24) is 19.7 Å². The van der Waals surface area contributed by atoms with E-state index < -0.39 is 0 Å². The van der Waals surface area contributed by atoms with Crippen LogP contribution in [0.25, 0.3) is 5.69 Å². The maximum atomic E-state index is 13.8. The molecule has 0 spiro atoms. The van der Waals surface area contributed by atoms with Gasteiger partial charge in [0.25, 0.3) is 0 Å². The van der Waals surface area contributed by atoms with Gasteiger partial charge in [0, 0.05) is 37.6 Å². The van der Waals surface area contributed by atoms with E-state index in [-0.39, 0.29) is 5.82 Å². The minimum Gasteiger partial charge on any atom is -0.378 e. The van der Waals surface area contributed by atoms with Crippen molar-refractivity contribution in [3.63, 3.8) is 0 Å². The highest BCUT2D eigenvalue weighted by molar-refractivity contribution is 5.65. The van der Waals surface area contributed by atoms with E-state index in [1.807, 2.05) is 13.0 Å². The lowest BCUT2D eigenvalue weighted by Gasteiger charge is -2.43. The molecule has 0 radical (unpaired) electrons. The molecule has 8 heteroatoms. The van der Waals surface area contributed by atoms with Crippen LogP contribution in [-0.4, -0.2) is 65.1 Å². The van der Waals surface area contributed by atoms with Gasteiger partial charge in [-0.3, -0.25) is 4.90 Å². The van der Waals surface area contributed by atoms with E-state index in [0.29, 0.717) is 23.6 Å². The van der Waals surface area contributed by atoms with E-state index in [1.165, 1.54) is 36.2 Å². The molecule has 172 valence electrons. The molecule has 0 unspecified atom stereocenters. The predicted octanol–water partition coefficient (Wildman–Crippen LogP) is 3.86. The molecule has 3 heterocycles. The maximum absolute atomic E-state index is 13.8. The molecule has 3 aliphatic rings. The minimum absolute atomic E-state index is 0.276. The van der Waals surface area contributed by atoms with Crippen LogP contribution in [0.1, 0.15) is 29.9 Å². The van der Waals surface area contributed by atoms with Gasteiger partial charge in [-0.25, -0.2) is 9.07 Å². The van der Waals surface area contributed by atoms with E-state index in [0.717, 1.165) is 50.6 Å². The van der Waals surface area contributed by atoms with Gasteiger partial charge < -0.3 is 15.0 Å². The third kappa shape index (κ3) is 4.45. The Bertz CT molecular complexity index is 1130. The average Bonchev–Trinajstić information content (AvgIpc) is 3.51. The number of ether oxygens (including phenoxy) is 1. The summed E-state index contributed by atoms with van der Waals surface area (Å²) in [5.74, 6) is 0.882. The van der Waals surface area contributed by atoms with Crippen molar-refractivity contribution in [3.05, 3.63) is 59.7 Å². The smallest absolute Gasteiger partial charge is 0.246 e. The zero-order valence-electron chi connectivity index (χ0n) is 18.9. The van der Waals surface area contributed by atoms with E-state index in [2.05, 4.69) is 43.4 Å². The van der Waals surface area contributed by atoms with Crippen molar-refractivity contribution >= 4 is 17.3 Å². The van der Waals surface area contributed by atoms with Crippen LogP contribution >= 0.6 is 0 Å². The first kappa shape index (κ1) is 20.6. The van der Waals surface area contributed by atoms with Gasteiger partial charge in [-0.05, 0) is 73.2 Å². The monoisotopic (exact) mass is 448 g/mol. The molecule has 0 amide bonds. The number of aryl methyl sites for hydroxylation is 1. The molecule has 33 heavy (non-hydrogen) atoms. The number of nitrogens with one attached hydrogen (secondary N) is 1. The molecule has 7 nitrogen and oxygen atoms in total. The molecule has 0 atom stereocenters. The van der Waals surface area contributed by atoms with Gasteiger partial charge in [-0.1, -0.05) is 0 Å². The molecular weight excluding hydrogens is 419 g/mol. The molecule has 3 aromatic rings. The summed E-state index contributed by atoms with van der Waals surface area (Å²) >= 11 is 0. The topological polar surface area (TPSA) is 58.5 Å². The van der Waals surface area contributed by atoms with Crippen LogP contribution < -0.4 is 10.2 Å². The minimum atomic E-state index is -0.276. The van der Waals surface area contributed by atoms with Gasteiger partial charge in [0.2, 0.25) is 5.95 Å². The standard InChI is InChI=1S/C25H29FN6O/c1-17-8-20(26)12-23(9-17)32-16-27-25(29-32)28-21-10-19(18-2-3-18)11-22(13-21)30-4-6-31(7-5-30)24-14-33-15-24/h8-13,16,18,24H,2-7,14-15H2,1H3,(H,28,29). The predicted molar refractivity (Wildman–Crippen MR) is 126 cm³/mol. The first-order valence-electron chi connectivity index (χ1n) is 11.8. The molecule has 3 fully saturated rings. The van der Waals surface area contributed by atoms with Gasteiger partial charge in [0.15, 0.2) is 0 Å². The molecule has 2 saturated heterocycles. The molecule has 1 saturated carbocycles. The zero-order valence-corrected chi connectivity index (χ0v) is 18.9. The van der Waals surface area contributed by atoms with Gasteiger partial charge in [0.05, 0.1) is 24.9 Å². The molecule has 6 rings (SSSR count). The normalized spacial score (nSPS) is 19.5. The number of aromatic nitrogens is 3. The first-order valence-corrected chi connectivity index (χ1v) is 11.8. The van der Waals surface area contributed by atoms with Gasteiger partial charge >= 0.3 is 0 Å². The Labute approximate surface area is 193 Å². The summed E-state index contributed by atoms with van der Waals surface area (Å²) < 4.78 is 20.8. The molecular formula is C25H29FN6O. The Morgan fingerprint density at radius 2 is 1.79 bits per heavy atom. The molecule has 1 N–H and O–H groups in total. The lowest BCUT2D eigenvalue weighted by molar-refractivity contribution is -0.0660. The fraction of sp³-hybridized carbons (Fsp3) is 0.440. The van der Waals surface area contributed by atoms with Crippen LogP contribution in [-0.2, 0) is 4.74 Å². The van der Waals surface area contributed by atoms with E-state index in [4.69, 9.17) is 4.74 Å².